The molecule has 0 bridgehead atoms. The Balaban J connectivity index is 1.77. The number of carbonyl (C=O) groups is 1. The molecule has 30 heavy (non-hydrogen) atoms. The molecule has 9 heteroatoms. The first-order valence-corrected chi connectivity index (χ1v) is 11.5. The van der Waals surface area contributed by atoms with Gasteiger partial charge in [-0.05, 0) is 42.7 Å². The van der Waals surface area contributed by atoms with E-state index in [0.29, 0.717) is 45.8 Å². The summed E-state index contributed by atoms with van der Waals surface area (Å²) in [6.07, 6.45) is 1.43. The van der Waals surface area contributed by atoms with Crippen LogP contribution in [0.2, 0.25) is 5.02 Å². The quantitative estimate of drug-likeness (QED) is 0.455. The van der Waals surface area contributed by atoms with Crippen LogP contribution in [0.25, 0.3) is 11.4 Å². The zero-order valence-electron chi connectivity index (χ0n) is 16.0. The second kappa shape index (κ2) is 8.23. The minimum Gasteiger partial charge on any atom is -0.369 e. The zero-order valence-corrected chi connectivity index (χ0v) is 17.6. The van der Waals surface area contributed by atoms with Gasteiger partial charge >= 0.3 is 0 Å². The van der Waals surface area contributed by atoms with Crippen molar-refractivity contribution in [1.29, 1.82) is 0 Å². The molecule has 1 aliphatic rings. The summed E-state index contributed by atoms with van der Waals surface area (Å²) in [6, 6.07) is 14.4. The summed E-state index contributed by atoms with van der Waals surface area (Å²) in [4.78, 5) is 20.7. The van der Waals surface area contributed by atoms with E-state index in [0.717, 1.165) is 11.1 Å². The van der Waals surface area contributed by atoms with Crippen molar-refractivity contribution in [2.75, 3.05) is 11.1 Å². The number of anilines is 2. The van der Waals surface area contributed by atoms with Gasteiger partial charge in [-0.3, -0.25) is 13.9 Å². The van der Waals surface area contributed by atoms with Gasteiger partial charge in [0.05, 0.1) is 12.1 Å². The Morgan fingerprint density at radius 3 is 2.63 bits per heavy atom. The number of benzene rings is 2. The topological polar surface area (TPSA) is 121 Å². The van der Waals surface area contributed by atoms with Crippen LogP contribution in [0.4, 0.5) is 11.5 Å². The molecule has 0 atom stereocenters. The predicted molar refractivity (Wildman–Crippen MR) is 119 cm³/mol. The Morgan fingerprint density at radius 1 is 1.17 bits per heavy atom. The normalized spacial score (nSPS) is 15.8. The molecule has 0 saturated heterocycles. The lowest BCUT2D eigenvalue weighted by Crippen LogP contribution is -2.18. The molecule has 3 aromatic rings. The summed E-state index contributed by atoms with van der Waals surface area (Å²) in [5.74, 6) is 0.700. The van der Waals surface area contributed by atoms with E-state index in [1.165, 1.54) is 0 Å². The second-order valence-corrected chi connectivity index (χ2v) is 9.71. The molecule has 4 rings (SSSR count). The van der Waals surface area contributed by atoms with Crippen LogP contribution < -0.4 is 11.1 Å². The lowest BCUT2D eigenvalue weighted by Gasteiger charge is -2.38. The number of aryl methyl sites for hydroxylation is 1. The molecule has 0 aliphatic carbocycles. The van der Waals surface area contributed by atoms with Crippen LogP contribution in [0.3, 0.4) is 0 Å². The van der Waals surface area contributed by atoms with E-state index in [-0.39, 0.29) is 12.2 Å². The van der Waals surface area contributed by atoms with Crippen molar-refractivity contribution >= 4 is 39.6 Å². The van der Waals surface area contributed by atoms with Gasteiger partial charge in [0.25, 0.3) is 0 Å². The molecule has 7 nitrogen and oxygen atoms in total. The van der Waals surface area contributed by atoms with Crippen LogP contribution in [0.1, 0.15) is 17.7 Å². The number of primary amides is 1. The highest BCUT2D eigenvalue weighted by Crippen LogP contribution is 2.56. The standard InChI is InChI=1S/C21H21ClN4O3S/c22-15-4-1-3-14(12-15)20-25-17-5-2-10-30(28,29)19(17)21(26-20)24-16-8-6-13(7-9-16)11-18(23)27/h1,3-4,6-9,12,28-29H,2,5,10-11H2,(H2,23,27)(H,24,25,26). The predicted octanol–water partition coefficient (Wildman–Crippen LogP) is 4.62. The van der Waals surface area contributed by atoms with Gasteiger partial charge in [0.2, 0.25) is 5.91 Å². The zero-order chi connectivity index (χ0) is 21.3. The summed E-state index contributed by atoms with van der Waals surface area (Å²) >= 11 is 6.12. The molecular weight excluding hydrogens is 424 g/mol. The number of fused-ring (bicyclic) bond motifs is 1. The number of aromatic nitrogens is 2. The van der Waals surface area contributed by atoms with Crippen LogP contribution in [0.5, 0.6) is 0 Å². The Morgan fingerprint density at radius 2 is 1.93 bits per heavy atom. The maximum atomic E-state index is 11.1. The van der Waals surface area contributed by atoms with Crippen molar-refractivity contribution in [2.24, 2.45) is 5.73 Å². The van der Waals surface area contributed by atoms with Crippen LogP contribution in [0, 0.1) is 0 Å². The minimum atomic E-state index is -3.00. The summed E-state index contributed by atoms with van der Waals surface area (Å²) in [7, 11) is -3.00. The largest absolute Gasteiger partial charge is 0.369 e. The van der Waals surface area contributed by atoms with Gasteiger partial charge in [0.15, 0.2) is 11.6 Å². The first-order chi connectivity index (χ1) is 14.3. The third-order valence-corrected chi connectivity index (χ3v) is 6.96. The summed E-state index contributed by atoms with van der Waals surface area (Å²) in [6.45, 7) is 0. The fourth-order valence-corrected chi connectivity index (χ4v) is 5.31. The molecule has 1 aromatic heterocycles. The molecule has 156 valence electrons. The Hall–Kier alpha value is -2.65. The summed E-state index contributed by atoms with van der Waals surface area (Å²) in [5.41, 5.74) is 8.10. The molecule has 0 radical (unpaired) electrons. The highest BCUT2D eigenvalue weighted by atomic mass is 35.5. The molecule has 1 aliphatic heterocycles. The molecule has 1 amide bonds. The number of nitrogens with zero attached hydrogens (tertiary/aromatic N) is 2. The number of hydrogen-bond acceptors (Lipinski definition) is 6. The molecule has 0 fully saturated rings. The number of nitrogens with two attached hydrogens (primary N) is 1. The van der Waals surface area contributed by atoms with E-state index < -0.39 is 16.5 Å². The first-order valence-electron chi connectivity index (χ1n) is 9.39. The van der Waals surface area contributed by atoms with Crippen molar-refractivity contribution in [2.45, 2.75) is 24.2 Å². The summed E-state index contributed by atoms with van der Waals surface area (Å²) < 4.78 is 21.4. The van der Waals surface area contributed by atoms with Crippen molar-refractivity contribution in [3.63, 3.8) is 0 Å². The van der Waals surface area contributed by atoms with E-state index in [1.807, 2.05) is 12.1 Å². The molecule has 2 aromatic carbocycles. The molecule has 2 heterocycles. The van der Waals surface area contributed by atoms with Gasteiger partial charge in [-0.25, -0.2) is 9.97 Å². The number of hydrogen-bond donors (Lipinski definition) is 4. The smallest absolute Gasteiger partial charge is 0.221 e. The van der Waals surface area contributed by atoms with Crippen LogP contribution >= 0.6 is 22.2 Å². The fraction of sp³-hybridized carbons (Fsp3) is 0.190. The number of amides is 1. The molecule has 0 spiro atoms. The van der Waals surface area contributed by atoms with Crippen LogP contribution in [0.15, 0.2) is 53.4 Å². The molecular formula is C21H21ClN4O3S. The monoisotopic (exact) mass is 444 g/mol. The minimum absolute atomic E-state index is 0.155. The van der Waals surface area contributed by atoms with Gasteiger partial charge in [0, 0.05) is 22.0 Å². The van der Waals surface area contributed by atoms with Gasteiger partial charge < -0.3 is 11.1 Å². The molecule has 0 saturated carbocycles. The van der Waals surface area contributed by atoms with Crippen molar-refractivity contribution in [3.05, 3.63) is 64.8 Å². The molecule has 0 unspecified atom stereocenters. The van der Waals surface area contributed by atoms with E-state index in [2.05, 4.69) is 15.3 Å². The Kier molecular flexibility index (Phi) is 5.66. The summed E-state index contributed by atoms with van der Waals surface area (Å²) in [5, 5.41) is 3.76. The second-order valence-electron chi connectivity index (χ2n) is 7.12. The molecule has 5 N–H and O–H groups in total. The fourth-order valence-electron chi connectivity index (χ4n) is 3.44. The first kappa shape index (κ1) is 20.6. The highest BCUT2D eigenvalue weighted by molar-refractivity contribution is 8.24. The van der Waals surface area contributed by atoms with Gasteiger partial charge in [-0.15, -0.1) is 0 Å². The van der Waals surface area contributed by atoms with Gasteiger partial charge in [-0.1, -0.05) is 35.9 Å². The average molecular weight is 445 g/mol. The van der Waals surface area contributed by atoms with Crippen molar-refractivity contribution < 1.29 is 13.9 Å². The SMILES string of the molecule is NC(=O)Cc1ccc(Nc2nc(-c3cccc(Cl)c3)nc3c2S(O)(O)CCC3)cc1. The lowest BCUT2D eigenvalue weighted by atomic mass is 10.1. The van der Waals surface area contributed by atoms with Crippen molar-refractivity contribution in [1.82, 2.24) is 9.97 Å². The lowest BCUT2D eigenvalue weighted by molar-refractivity contribution is -0.117. The van der Waals surface area contributed by atoms with Gasteiger partial charge in [0.1, 0.15) is 4.90 Å². The third kappa shape index (κ3) is 4.41. The Labute approximate surface area is 180 Å². The van der Waals surface area contributed by atoms with E-state index in [4.69, 9.17) is 17.3 Å². The van der Waals surface area contributed by atoms with E-state index in [1.54, 1.807) is 36.4 Å². The number of rotatable bonds is 5. The van der Waals surface area contributed by atoms with Gasteiger partial charge in [-0.2, -0.15) is 10.6 Å². The number of nitrogens with one attached hydrogen (secondary N) is 1. The maximum absolute atomic E-state index is 11.1. The average Bonchev–Trinajstić information content (AvgIpc) is 2.68. The number of carbonyl (C=O) groups excluding carboxylic acids is 1. The van der Waals surface area contributed by atoms with Crippen molar-refractivity contribution in [3.8, 4) is 11.4 Å². The van der Waals surface area contributed by atoms with Crippen LogP contribution in [-0.2, 0) is 17.6 Å². The third-order valence-electron chi connectivity index (χ3n) is 4.78. The Bertz CT molecular complexity index is 1110. The number of halogens is 1. The van der Waals surface area contributed by atoms with E-state index in [9.17, 15) is 13.9 Å². The van der Waals surface area contributed by atoms with Crippen LogP contribution in [-0.4, -0.2) is 30.7 Å². The maximum Gasteiger partial charge on any atom is 0.221 e. The highest BCUT2D eigenvalue weighted by Gasteiger charge is 2.30. The van der Waals surface area contributed by atoms with E-state index >= 15 is 0 Å².